The van der Waals surface area contributed by atoms with Gasteiger partial charge in [-0.15, -0.1) is 0 Å². The summed E-state index contributed by atoms with van der Waals surface area (Å²) >= 11 is 0. The van der Waals surface area contributed by atoms with Crippen LogP contribution in [0.5, 0.6) is 0 Å². The number of nitrogens with two attached hydrogens (primary N) is 1. The summed E-state index contributed by atoms with van der Waals surface area (Å²) in [4.78, 5) is 39.1. The van der Waals surface area contributed by atoms with Crippen LogP contribution in [0.15, 0.2) is 24.3 Å². The van der Waals surface area contributed by atoms with Crippen LogP contribution in [0.4, 0.5) is 5.69 Å². The summed E-state index contributed by atoms with van der Waals surface area (Å²) in [6.45, 7) is 2.30. The third-order valence-electron chi connectivity index (χ3n) is 6.85. The molecule has 180 valence electrons. The van der Waals surface area contributed by atoms with Gasteiger partial charge in [-0.3, -0.25) is 19.8 Å². The molecule has 6 N–H and O–H groups in total. The van der Waals surface area contributed by atoms with Crippen LogP contribution >= 0.6 is 0 Å². The Morgan fingerprint density at radius 3 is 2.64 bits per heavy atom. The van der Waals surface area contributed by atoms with Gasteiger partial charge in [0.15, 0.2) is 0 Å². The fourth-order valence-corrected chi connectivity index (χ4v) is 4.93. The molecule has 4 atom stereocenters. The number of rotatable bonds is 9. The Balaban J connectivity index is 1.65. The van der Waals surface area contributed by atoms with E-state index < -0.39 is 11.9 Å². The molecule has 1 aromatic carbocycles. The van der Waals surface area contributed by atoms with Crippen molar-refractivity contribution in [2.45, 2.75) is 57.5 Å². The van der Waals surface area contributed by atoms with E-state index in [1.807, 2.05) is 0 Å². The number of para-hydroxylation sites is 1. The van der Waals surface area contributed by atoms with Gasteiger partial charge >= 0.3 is 0 Å². The first-order chi connectivity index (χ1) is 15.8. The van der Waals surface area contributed by atoms with Crippen molar-refractivity contribution < 1.29 is 19.5 Å². The molecule has 0 bridgehead atoms. The topological polar surface area (TPSA) is 149 Å². The number of aliphatic hydroxyl groups is 1. The number of carbonyl (C=O) groups excluding carboxylic acids is 3. The van der Waals surface area contributed by atoms with Gasteiger partial charge in [0.1, 0.15) is 11.8 Å². The van der Waals surface area contributed by atoms with Crippen LogP contribution in [0.1, 0.15) is 51.0 Å². The molecule has 0 radical (unpaired) electrons. The number of likely N-dealkylation sites (tertiary alicyclic amines) is 1. The van der Waals surface area contributed by atoms with E-state index in [1.54, 1.807) is 24.3 Å². The van der Waals surface area contributed by atoms with Gasteiger partial charge in [0, 0.05) is 36.4 Å². The van der Waals surface area contributed by atoms with Gasteiger partial charge in [-0.25, -0.2) is 0 Å². The normalized spacial score (nSPS) is 24.8. The van der Waals surface area contributed by atoms with E-state index in [4.69, 9.17) is 11.1 Å². The average molecular weight is 458 g/mol. The van der Waals surface area contributed by atoms with Crippen molar-refractivity contribution in [3.63, 3.8) is 0 Å². The first kappa shape index (κ1) is 24.7. The molecule has 1 saturated heterocycles. The van der Waals surface area contributed by atoms with E-state index in [0.29, 0.717) is 30.1 Å². The summed E-state index contributed by atoms with van der Waals surface area (Å²) in [5, 5.41) is 23.7. The highest BCUT2D eigenvalue weighted by Gasteiger charge is 2.40. The van der Waals surface area contributed by atoms with Crippen LogP contribution in [0.3, 0.4) is 0 Å². The monoisotopic (exact) mass is 457 g/mol. The molecular formula is C24H35N5O4. The number of aliphatic hydroxyl groups excluding tert-OH is 1. The minimum absolute atomic E-state index is 0.0824. The van der Waals surface area contributed by atoms with Crippen molar-refractivity contribution in [1.82, 2.24) is 10.2 Å². The van der Waals surface area contributed by atoms with Crippen LogP contribution < -0.4 is 16.4 Å². The second-order valence-electron chi connectivity index (χ2n) is 9.13. The van der Waals surface area contributed by atoms with Gasteiger partial charge < -0.3 is 26.4 Å². The van der Waals surface area contributed by atoms with Gasteiger partial charge in [0.05, 0.1) is 6.54 Å². The third kappa shape index (κ3) is 6.10. The third-order valence-corrected chi connectivity index (χ3v) is 6.85. The lowest BCUT2D eigenvalue weighted by atomic mass is 9.84. The highest BCUT2D eigenvalue weighted by atomic mass is 16.3. The van der Waals surface area contributed by atoms with Crippen LogP contribution in [0.2, 0.25) is 0 Å². The maximum absolute atomic E-state index is 13.1. The zero-order valence-corrected chi connectivity index (χ0v) is 19.2. The molecule has 1 saturated carbocycles. The SMILES string of the molecule is CCC1CCCC(NC(=O)[C@@H]2C[C@H](CO)CN2C(=O)CNc2ccccc2C(=N)C(N)=O)C1. The predicted molar refractivity (Wildman–Crippen MR) is 126 cm³/mol. The molecule has 1 heterocycles. The molecule has 2 fully saturated rings. The second kappa shape index (κ2) is 11.3. The molecule has 0 spiro atoms. The fraction of sp³-hybridized carbons (Fsp3) is 0.583. The minimum Gasteiger partial charge on any atom is -0.396 e. The predicted octanol–water partition coefficient (Wildman–Crippen LogP) is 1.25. The molecule has 1 aliphatic carbocycles. The van der Waals surface area contributed by atoms with Crippen molar-refractivity contribution in [3.05, 3.63) is 29.8 Å². The molecular weight excluding hydrogens is 422 g/mol. The van der Waals surface area contributed by atoms with E-state index in [0.717, 1.165) is 25.7 Å². The summed E-state index contributed by atoms with van der Waals surface area (Å²) in [5.74, 6) is -0.807. The van der Waals surface area contributed by atoms with Crippen molar-refractivity contribution in [2.24, 2.45) is 17.6 Å². The van der Waals surface area contributed by atoms with Gasteiger partial charge in [-0.1, -0.05) is 44.4 Å². The van der Waals surface area contributed by atoms with E-state index in [2.05, 4.69) is 17.6 Å². The first-order valence-electron chi connectivity index (χ1n) is 11.8. The Morgan fingerprint density at radius 1 is 1.18 bits per heavy atom. The summed E-state index contributed by atoms with van der Waals surface area (Å²) < 4.78 is 0. The Bertz CT molecular complexity index is 889. The highest BCUT2D eigenvalue weighted by Crippen LogP contribution is 2.28. The molecule has 0 aromatic heterocycles. The number of amides is 3. The number of anilines is 1. The zero-order chi connectivity index (χ0) is 24.0. The average Bonchev–Trinajstić information content (AvgIpc) is 3.27. The van der Waals surface area contributed by atoms with Crippen LogP contribution in [0, 0.1) is 17.2 Å². The summed E-state index contributed by atoms with van der Waals surface area (Å²) in [6.07, 6.45) is 5.75. The highest BCUT2D eigenvalue weighted by molar-refractivity contribution is 6.44. The van der Waals surface area contributed by atoms with E-state index in [-0.39, 0.29) is 42.6 Å². The Labute approximate surface area is 194 Å². The number of nitrogens with one attached hydrogen (secondary N) is 3. The smallest absolute Gasteiger partial charge is 0.267 e. The molecule has 33 heavy (non-hydrogen) atoms. The molecule has 9 heteroatoms. The summed E-state index contributed by atoms with van der Waals surface area (Å²) in [7, 11) is 0. The van der Waals surface area contributed by atoms with E-state index in [1.165, 1.54) is 11.3 Å². The fourth-order valence-electron chi connectivity index (χ4n) is 4.93. The first-order valence-corrected chi connectivity index (χ1v) is 11.8. The molecule has 1 aromatic rings. The van der Waals surface area contributed by atoms with Crippen LogP contribution in [0.25, 0.3) is 0 Å². The standard InChI is InChI=1S/C24H35N5O4/c1-2-15-6-5-7-17(10-15)28-24(33)20-11-16(14-30)13-29(20)21(31)12-27-19-9-4-3-8-18(19)22(25)23(26)32/h3-4,8-9,15-17,20,25,27,30H,2,5-7,10-14H2,1H3,(H2,26,32)(H,28,33)/t15?,16-,17?,20-/m0/s1. The van der Waals surface area contributed by atoms with Crippen molar-refractivity contribution >= 4 is 29.1 Å². The molecule has 1 aliphatic heterocycles. The van der Waals surface area contributed by atoms with Crippen LogP contribution in [-0.2, 0) is 14.4 Å². The van der Waals surface area contributed by atoms with Gasteiger partial charge in [-0.05, 0) is 31.2 Å². The lowest BCUT2D eigenvalue weighted by Crippen LogP contribution is -2.50. The maximum atomic E-state index is 13.1. The number of nitrogens with zero attached hydrogens (tertiary/aromatic N) is 1. The Morgan fingerprint density at radius 2 is 1.94 bits per heavy atom. The lowest BCUT2D eigenvalue weighted by molar-refractivity contribution is -0.137. The lowest BCUT2D eigenvalue weighted by Gasteiger charge is -2.31. The number of benzene rings is 1. The van der Waals surface area contributed by atoms with E-state index >= 15 is 0 Å². The number of hydrogen-bond acceptors (Lipinski definition) is 6. The number of hydrogen-bond donors (Lipinski definition) is 5. The second-order valence-corrected chi connectivity index (χ2v) is 9.13. The molecule has 9 nitrogen and oxygen atoms in total. The maximum Gasteiger partial charge on any atom is 0.267 e. The van der Waals surface area contributed by atoms with E-state index in [9.17, 15) is 19.5 Å². The molecule has 3 rings (SSSR count). The number of primary amides is 1. The molecule has 2 aliphatic rings. The largest absolute Gasteiger partial charge is 0.396 e. The Kier molecular flexibility index (Phi) is 8.43. The van der Waals surface area contributed by atoms with Gasteiger partial charge in [0.2, 0.25) is 11.8 Å². The summed E-state index contributed by atoms with van der Waals surface area (Å²) in [6, 6.07) is 6.18. The summed E-state index contributed by atoms with van der Waals surface area (Å²) in [5.41, 5.74) is 5.64. The van der Waals surface area contributed by atoms with Crippen molar-refractivity contribution in [3.8, 4) is 0 Å². The minimum atomic E-state index is -0.856. The zero-order valence-electron chi connectivity index (χ0n) is 19.2. The van der Waals surface area contributed by atoms with Crippen molar-refractivity contribution in [1.29, 1.82) is 5.41 Å². The van der Waals surface area contributed by atoms with Gasteiger partial charge in [-0.2, -0.15) is 0 Å². The Hall–Kier alpha value is -2.94. The number of carbonyl (C=O) groups is 3. The molecule has 3 amide bonds. The van der Waals surface area contributed by atoms with Gasteiger partial charge in [0.25, 0.3) is 5.91 Å². The van der Waals surface area contributed by atoms with Crippen LogP contribution in [-0.4, -0.2) is 65.2 Å². The quantitative estimate of drug-likeness (QED) is 0.354. The van der Waals surface area contributed by atoms with Crippen molar-refractivity contribution in [2.75, 3.05) is 25.0 Å². The molecule has 2 unspecified atom stereocenters.